The van der Waals surface area contributed by atoms with Crippen LogP contribution in [0.3, 0.4) is 0 Å². The lowest BCUT2D eigenvalue weighted by atomic mass is 9.76. The van der Waals surface area contributed by atoms with Crippen molar-refractivity contribution in [2.45, 2.75) is 34.6 Å². The van der Waals surface area contributed by atoms with Crippen LogP contribution in [-0.2, 0) is 0 Å². The quantitative estimate of drug-likeness (QED) is 0.909. The molecule has 0 radical (unpaired) electrons. The Morgan fingerprint density at radius 1 is 1.17 bits per heavy atom. The molecule has 0 aliphatic carbocycles. The number of amides is 1. The molecule has 1 aliphatic heterocycles. The fourth-order valence-electron chi connectivity index (χ4n) is 2.82. The van der Waals surface area contributed by atoms with E-state index in [4.69, 9.17) is 0 Å². The molecule has 24 heavy (non-hydrogen) atoms. The molecule has 1 fully saturated rings. The molecule has 2 aromatic heterocycles. The zero-order chi connectivity index (χ0) is 17.6. The molecule has 1 amide bonds. The van der Waals surface area contributed by atoms with Crippen LogP contribution in [0.15, 0.2) is 16.9 Å². The van der Waals surface area contributed by atoms with Gasteiger partial charge < -0.3 is 4.90 Å². The Labute approximate surface area is 140 Å². The summed E-state index contributed by atoms with van der Waals surface area (Å²) in [5, 5.41) is 2.84. The molecular formula is C17H23N5O2. The van der Waals surface area contributed by atoms with Crippen molar-refractivity contribution < 1.29 is 4.79 Å². The Morgan fingerprint density at radius 3 is 2.29 bits per heavy atom. The second kappa shape index (κ2) is 5.58. The number of nitrogens with one attached hydrogen (secondary N) is 1. The molecule has 0 spiro atoms. The summed E-state index contributed by atoms with van der Waals surface area (Å²) >= 11 is 0. The van der Waals surface area contributed by atoms with Crippen molar-refractivity contribution in [1.29, 1.82) is 0 Å². The topological polar surface area (TPSA) is 83.9 Å². The molecule has 1 aliphatic rings. The molecule has 7 nitrogen and oxygen atoms in total. The predicted molar refractivity (Wildman–Crippen MR) is 90.3 cm³/mol. The summed E-state index contributed by atoms with van der Waals surface area (Å²) in [6, 6.07) is 3.14. The third kappa shape index (κ3) is 2.98. The standard InChI is InChI=1S/C17H23N5O2/c1-10-6-11(2)19-16(18-10)22-14(23)7-13(20-22)15(24)21-8-12(9-21)17(3,4)5/h6-7,12,20H,8-9H2,1-5H3. The molecule has 0 saturated carbocycles. The molecule has 128 valence electrons. The van der Waals surface area contributed by atoms with Crippen molar-refractivity contribution in [2.24, 2.45) is 11.3 Å². The number of aromatic amines is 1. The van der Waals surface area contributed by atoms with Gasteiger partial charge in [0.1, 0.15) is 5.69 Å². The summed E-state index contributed by atoms with van der Waals surface area (Å²) < 4.78 is 1.22. The summed E-state index contributed by atoms with van der Waals surface area (Å²) in [4.78, 5) is 35.0. The number of hydrogen-bond acceptors (Lipinski definition) is 4. The van der Waals surface area contributed by atoms with Crippen LogP contribution in [0.1, 0.15) is 42.6 Å². The molecule has 0 atom stereocenters. The number of H-pyrrole nitrogens is 1. The first kappa shape index (κ1) is 16.4. The van der Waals surface area contributed by atoms with Gasteiger partial charge >= 0.3 is 0 Å². The van der Waals surface area contributed by atoms with Gasteiger partial charge in [-0.25, -0.2) is 9.97 Å². The number of likely N-dealkylation sites (tertiary alicyclic amines) is 1. The van der Waals surface area contributed by atoms with E-state index < -0.39 is 0 Å². The Hall–Kier alpha value is -2.44. The smallest absolute Gasteiger partial charge is 0.274 e. The Morgan fingerprint density at radius 2 is 1.75 bits per heavy atom. The first-order chi connectivity index (χ1) is 11.1. The van der Waals surface area contributed by atoms with Gasteiger partial charge in [-0.2, -0.15) is 4.68 Å². The normalized spacial score (nSPS) is 15.5. The number of aromatic nitrogens is 4. The van der Waals surface area contributed by atoms with Crippen LogP contribution in [0.25, 0.3) is 5.95 Å². The molecule has 1 N–H and O–H groups in total. The number of rotatable bonds is 2. The number of carbonyl (C=O) groups excluding carboxylic acids is 1. The molecule has 1 saturated heterocycles. The summed E-state index contributed by atoms with van der Waals surface area (Å²) in [5.41, 5.74) is 1.65. The SMILES string of the molecule is Cc1cc(C)nc(-n2[nH]c(C(=O)N3CC(C(C)(C)C)C3)cc2=O)n1. The first-order valence-electron chi connectivity index (χ1n) is 8.09. The van der Waals surface area contributed by atoms with Gasteiger partial charge in [-0.1, -0.05) is 20.8 Å². The Bertz CT molecular complexity index is 817. The maximum atomic E-state index is 12.5. The van der Waals surface area contributed by atoms with E-state index in [0.29, 0.717) is 5.92 Å². The van der Waals surface area contributed by atoms with Gasteiger partial charge in [0.2, 0.25) is 0 Å². The minimum Gasteiger partial charge on any atom is -0.337 e. The number of hydrogen-bond donors (Lipinski definition) is 1. The van der Waals surface area contributed by atoms with Gasteiger partial charge in [0.25, 0.3) is 17.4 Å². The van der Waals surface area contributed by atoms with Crippen LogP contribution in [0.5, 0.6) is 0 Å². The minimum atomic E-state index is -0.337. The van der Waals surface area contributed by atoms with Gasteiger partial charge in [-0.3, -0.25) is 14.7 Å². The Balaban J connectivity index is 1.82. The zero-order valence-electron chi connectivity index (χ0n) is 14.8. The van der Waals surface area contributed by atoms with Gasteiger partial charge in [0.15, 0.2) is 0 Å². The van der Waals surface area contributed by atoms with E-state index in [1.807, 2.05) is 19.9 Å². The summed E-state index contributed by atoms with van der Waals surface area (Å²) in [5.74, 6) is 0.585. The van der Waals surface area contributed by atoms with Crippen molar-refractivity contribution in [3.8, 4) is 5.95 Å². The van der Waals surface area contributed by atoms with E-state index in [9.17, 15) is 9.59 Å². The molecule has 0 unspecified atom stereocenters. The van der Waals surface area contributed by atoms with Crippen molar-refractivity contribution in [1.82, 2.24) is 24.6 Å². The van der Waals surface area contributed by atoms with E-state index in [0.717, 1.165) is 24.5 Å². The van der Waals surface area contributed by atoms with E-state index in [1.54, 1.807) is 4.90 Å². The molecule has 3 rings (SSSR count). The van der Waals surface area contributed by atoms with Crippen LogP contribution in [0, 0.1) is 25.2 Å². The summed E-state index contributed by atoms with van der Waals surface area (Å²) in [7, 11) is 0. The number of aryl methyl sites for hydroxylation is 2. The second-order valence-corrected chi connectivity index (χ2v) is 7.57. The monoisotopic (exact) mass is 329 g/mol. The van der Waals surface area contributed by atoms with Gasteiger partial charge in [-0.05, 0) is 31.2 Å². The summed E-state index contributed by atoms with van der Waals surface area (Å²) in [6.45, 7) is 11.6. The van der Waals surface area contributed by atoms with Crippen molar-refractivity contribution >= 4 is 5.91 Å². The van der Waals surface area contributed by atoms with E-state index in [-0.39, 0.29) is 28.5 Å². The van der Waals surface area contributed by atoms with Crippen molar-refractivity contribution in [3.05, 3.63) is 39.6 Å². The fraction of sp³-hybridized carbons (Fsp3) is 0.529. The van der Waals surface area contributed by atoms with E-state index in [2.05, 4.69) is 35.8 Å². The molecule has 3 heterocycles. The van der Waals surface area contributed by atoms with Crippen LogP contribution < -0.4 is 5.56 Å². The highest BCUT2D eigenvalue weighted by Gasteiger charge is 2.38. The molecule has 2 aromatic rings. The van der Waals surface area contributed by atoms with Crippen LogP contribution >= 0.6 is 0 Å². The Kier molecular flexibility index (Phi) is 3.81. The van der Waals surface area contributed by atoms with Crippen LogP contribution in [-0.4, -0.2) is 43.6 Å². The van der Waals surface area contributed by atoms with Gasteiger partial charge in [0, 0.05) is 30.5 Å². The lowest BCUT2D eigenvalue weighted by Crippen LogP contribution is -2.54. The highest BCUT2D eigenvalue weighted by atomic mass is 16.2. The maximum Gasteiger partial charge on any atom is 0.274 e. The average Bonchev–Trinajstić information content (AvgIpc) is 2.76. The molecule has 7 heteroatoms. The highest BCUT2D eigenvalue weighted by Crippen LogP contribution is 2.33. The van der Waals surface area contributed by atoms with Crippen molar-refractivity contribution in [3.63, 3.8) is 0 Å². The number of nitrogens with zero attached hydrogens (tertiary/aromatic N) is 4. The average molecular weight is 329 g/mol. The fourth-order valence-corrected chi connectivity index (χ4v) is 2.82. The van der Waals surface area contributed by atoms with Crippen LogP contribution in [0.4, 0.5) is 0 Å². The third-order valence-electron chi connectivity index (χ3n) is 4.51. The van der Waals surface area contributed by atoms with Crippen LogP contribution in [0.2, 0.25) is 0 Å². The predicted octanol–water partition coefficient (Wildman–Crippen LogP) is 1.69. The maximum absolute atomic E-state index is 12.5. The zero-order valence-corrected chi connectivity index (χ0v) is 14.8. The van der Waals surface area contributed by atoms with Crippen molar-refractivity contribution in [2.75, 3.05) is 13.1 Å². The first-order valence-corrected chi connectivity index (χ1v) is 8.09. The highest BCUT2D eigenvalue weighted by molar-refractivity contribution is 5.92. The lowest BCUT2D eigenvalue weighted by molar-refractivity contribution is 0.0205. The lowest BCUT2D eigenvalue weighted by Gasteiger charge is -2.46. The summed E-state index contributed by atoms with van der Waals surface area (Å²) in [6.07, 6.45) is 0. The third-order valence-corrected chi connectivity index (χ3v) is 4.51. The van der Waals surface area contributed by atoms with Gasteiger partial charge in [0.05, 0.1) is 0 Å². The van der Waals surface area contributed by atoms with Gasteiger partial charge in [-0.15, -0.1) is 0 Å². The number of carbonyl (C=O) groups is 1. The minimum absolute atomic E-state index is 0.157. The van der Waals surface area contributed by atoms with E-state index >= 15 is 0 Å². The molecule has 0 aromatic carbocycles. The molecule has 0 bridgehead atoms. The second-order valence-electron chi connectivity index (χ2n) is 7.57. The largest absolute Gasteiger partial charge is 0.337 e. The van der Waals surface area contributed by atoms with E-state index in [1.165, 1.54) is 10.7 Å². The molecular weight excluding hydrogens is 306 g/mol.